The van der Waals surface area contributed by atoms with Crippen molar-refractivity contribution in [3.05, 3.63) is 71.8 Å². The van der Waals surface area contributed by atoms with Crippen LogP contribution >= 0.6 is 0 Å². The van der Waals surface area contributed by atoms with Gasteiger partial charge in [-0.2, -0.15) is 0 Å². The van der Waals surface area contributed by atoms with Crippen LogP contribution < -0.4 is 15.4 Å². The maximum Gasteiger partial charge on any atom is 0.308 e. The van der Waals surface area contributed by atoms with Crippen LogP contribution in [0, 0.1) is 0 Å². The molecule has 0 atom stereocenters. The van der Waals surface area contributed by atoms with Crippen LogP contribution in [0.2, 0.25) is 0 Å². The highest BCUT2D eigenvalue weighted by Crippen LogP contribution is 2.13. The molecule has 0 spiro atoms. The normalized spacial score (nSPS) is 10.3. The van der Waals surface area contributed by atoms with E-state index in [9.17, 15) is 14.4 Å². The van der Waals surface area contributed by atoms with Gasteiger partial charge in [-0.3, -0.25) is 14.4 Å². The van der Waals surface area contributed by atoms with Crippen LogP contribution in [0.1, 0.15) is 22.8 Å². The summed E-state index contributed by atoms with van der Waals surface area (Å²) in [5.41, 5.74) is 1.31. The molecule has 0 aromatic heterocycles. The van der Waals surface area contributed by atoms with E-state index in [1.807, 2.05) is 30.3 Å². The summed E-state index contributed by atoms with van der Waals surface area (Å²) in [6, 6.07) is 15.8. The SMILES string of the molecule is CC(=O)Oc1cccc(C(=O)NCCNC(=O)/C=C/c2ccccc2)c1. The van der Waals surface area contributed by atoms with E-state index in [1.54, 1.807) is 24.3 Å². The third-order valence-corrected chi connectivity index (χ3v) is 3.29. The van der Waals surface area contributed by atoms with Gasteiger partial charge in [-0.1, -0.05) is 36.4 Å². The van der Waals surface area contributed by atoms with Crippen LogP contribution in [0.5, 0.6) is 5.75 Å². The summed E-state index contributed by atoms with van der Waals surface area (Å²) < 4.78 is 4.94. The highest BCUT2D eigenvalue weighted by Gasteiger charge is 2.07. The monoisotopic (exact) mass is 352 g/mol. The number of ether oxygens (including phenoxy) is 1. The van der Waals surface area contributed by atoms with Crippen LogP contribution in [-0.2, 0) is 9.59 Å². The number of hydrogen-bond acceptors (Lipinski definition) is 4. The summed E-state index contributed by atoms with van der Waals surface area (Å²) in [6.07, 6.45) is 3.16. The quantitative estimate of drug-likeness (QED) is 0.346. The molecule has 0 unspecified atom stereocenters. The number of esters is 1. The summed E-state index contributed by atoms with van der Waals surface area (Å²) in [7, 11) is 0. The molecule has 0 aliphatic carbocycles. The number of carbonyl (C=O) groups is 3. The Kier molecular flexibility index (Phi) is 7.12. The van der Waals surface area contributed by atoms with Gasteiger partial charge in [-0.05, 0) is 29.8 Å². The lowest BCUT2D eigenvalue weighted by atomic mass is 10.2. The van der Waals surface area contributed by atoms with Crippen molar-refractivity contribution in [2.24, 2.45) is 0 Å². The van der Waals surface area contributed by atoms with Crippen LogP contribution in [0.4, 0.5) is 0 Å². The van der Waals surface area contributed by atoms with Gasteiger partial charge in [0, 0.05) is 31.7 Å². The Morgan fingerprint density at radius 1 is 0.962 bits per heavy atom. The minimum absolute atomic E-state index is 0.236. The Balaban J connectivity index is 1.74. The fourth-order valence-corrected chi connectivity index (χ4v) is 2.13. The molecule has 2 amide bonds. The first-order valence-corrected chi connectivity index (χ1v) is 8.12. The van der Waals surface area contributed by atoms with Gasteiger partial charge in [0.05, 0.1) is 0 Å². The molecular formula is C20H20N2O4. The lowest BCUT2D eigenvalue weighted by molar-refractivity contribution is -0.131. The predicted octanol–water partition coefficient (Wildman–Crippen LogP) is 2.17. The zero-order valence-electron chi connectivity index (χ0n) is 14.4. The van der Waals surface area contributed by atoms with Gasteiger partial charge in [-0.25, -0.2) is 0 Å². The molecule has 0 saturated carbocycles. The second-order valence-corrected chi connectivity index (χ2v) is 5.41. The topological polar surface area (TPSA) is 84.5 Å². The molecule has 26 heavy (non-hydrogen) atoms. The summed E-state index contributed by atoms with van der Waals surface area (Å²) in [6.45, 7) is 1.87. The number of amides is 2. The van der Waals surface area contributed by atoms with Crippen molar-refractivity contribution in [2.45, 2.75) is 6.92 Å². The molecule has 2 N–H and O–H groups in total. The van der Waals surface area contributed by atoms with Crippen molar-refractivity contribution in [1.29, 1.82) is 0 Å². The lowest BCUT2D eigenvalue weighted by Gasteiger charge is -2.07. The first-order valence-electron chi connectivity index (χ1n) is 8.12. The van der Waals surface area contributed by atoms with E-state index >= 15 is 0 Å². The molecular weight excluding hydrogens is 332 g/mol. The van der Waals surface area contributed by atoms with E-state index in [-0.39, 0.29) is 18.4 Å². The fraction of sp³-hybridized carbons (Fsp3) is 0.150. The number of hydrogen-bond donors (Lipinski definition) is 2. The Bertz CT molecular complexity index is 800. The van der Waals surface area contributed by atoms with Crippen molar-refractivity contribution < 1.29 is 19.1 Å². The van der Waals surface area contributed by atoms with Gasteiger partial charge in [0.1, 0.15) is 5.75 Å². The van der Waals surface area contributed by atoms with Crippen LogP contribution in [0.25, 0.3) is 6.08 Å². The Hall–Kier alpha value is -3.41. The molecule has 2 aromatic carbocycles. The highest BCUT2D eigenvalue weighted by molar-refractivity contribution is 5.95. The summed E-state index contributed by atoms with van der Waals surface area (Å²) in [4.78, 5) is 34.7. The zero-order valence-corrected chi connectivity index (χ0v) is 14.4. The molecule has 0 bridgehead atoms. The molecule has 0 aliphatic rings. The third kappa shape index (κ3) is 6.60. The van der Waals surface area contributed by atoms with Crippen molar-refractivity contribution in [3.8, 4) is 5.75 Å². The van der Waals surface area contributed by atoms with E-state index in [1.165, 1.54) is 19.1 Å². The summed E-state index contributed by atoms with van der Waals surface area (Å²) in [5.74, 6) is -0.689. The van der Waals surface area contributed by atoms with Crippen molar-refractivity contribution in [1.82, 2.24) is 10.6 Å². The van der Waals surface area contributed by atoms with E-state index in [0.717, 1.165) is 5.56 Å². The highest BCUT2D eigenvalue weighted by atomic mass is 16.5. The average molecular weight is 352 g/mol. The molecule has 0 radical (unpaired) electrons. The van der Waals surface area contributed by atoms with Crippen LogP contribution in [-0.4, -0.2) is 30.9 Å². The molecule has 0 saturated heterocycles. The Morgan fingerprint density at radius 2 is 1.69 bits per heavy atom. The molecule has 2 aromatic rings. The molecule has 6 heteroatoms. The number of rotatable bonds is 7. The van der Waals surface area contributed by atoms with E-state index in [2.05, 4.69) is 10.6 Å². The molecule has 0 heterocycles. The molecule has 0 aliphatic heterocycles. The van der Waals surface area contributed by atoms with E-state index in [4.69, 9.17) is 4.74 Å². The first-order chi connectivity index (χ1) is 12.5. The van der Waals surface area contributed by atoms with Gasteiger partial charge in [-0.15, -0.1) is 0 Å². The predicted molar refractivity (Wildman–Crippen MR) is 98.6 cm³/mol. The van der Waals surface area contributed by atoms with E-state index in [0.29, 0.717) is 17.9 Å². The smallest absolute Gasteiger partial charge is 0.308 e. The minimum atomic E-state index is -0.450. The molecule has 134 valence electrons. The zero-order chi connectivity index (χ0) is 18.8. The maximum atomic E-state index is 12.1. The van der Waals surface area contributed by atoms with Gasteiger partial charge in [0.25, 0.3) is 5.91 Å². The van der Waals surface area contributed by atoms with Crippen molar-refractivity contribution in [3.63, 3.8) is 0 Å². The molecule has 6 nitrogen and oxygen atoms in total. The lowest BCUT2D eigenvalue weighted by Crippen LogP contribution is -2.34. The van der Waals surface area contributed by atoms with Crippen molar-refractivity contribution >= 4 is 23.9 Å². The van der Waals surface area contributed by atoms with Gasteiger partial charge in [0.2, 0.25) is 5.91 Å². The third-order valence-electron chi connectivity index (χ3n) is 3.29. The number of nitrogens with one attached hydrogen (secondary N) is 2. The Morgan fingerprint density at radius 3 is 2.42 bits per heavy atom. The first kappa shape index (κ1) is 18.9. The average Bonchev–Trinajstić information content (AvgIpc) is 2.64. The standard InChI is InChI=1S/C20H20N2O4/c1-15(23)26-18-9-5-8-17(14-18)20(25)22-13-12-21-19(24)11-10-16-6-3-2-4-7-16/h2-11,14H,12-13H2,1H3,(H,21,24)(H,22,25)/b11-10+. The maximum absolute atomic E-state index is 12.1. The Labute approximate surface area is 151 Å². The second kappa shape index (κ2) is 9.78. The van der Waals surface area contributed by atoms with Crippen LogP contribution in [0.15, 0.2) is 60.7 Å². The summed E-state index contributed by atoms with van der Waals surface area (Å²) in [5, 5.41) is 5.38. The van der Waals surface area contributed by atoms with Gasteiger partial charge >= 0.3 is 5.97 Å². The molecule has 0 fully saturated rings. The second-order valence-electron chi connectivity index (χ2n) is 5.41. The van der Waals surface area contributed by atoms with E-state index < -0.39 is 5.97 Å². The van der Waals surface area contributed by atoms with Crippen molar-refractivity contribution in [2.75, 3.05) is 13.1 Å². The number of carbonyl (C=O) groups excluding carboxylic acids is 3. The van der Waals surface area contributed by atoms with Gasteiger partial charge < -0.3 is 15.4 Å². The van der Waals surface area contributed by atoms with Gasteiger partial charge in [0.15, 0.2) is 0 Å². The minimum Gasteiger partial charge on any atom is -0.427 e. The summed E-state index contributed by atoms with van der Waals surface area (Å²) >= 11 is 0. The van der Waals surface area contributed by atoms with Crippen LogP contribution in [0.3, 0.4) is 0 Å². The number of benzene rings is 2. The molecule has 2 rings (SSSR count). The fourth-order valence-electron chi connectivity index (χ4n) is 2.13. The largest absolute Gasteiger partial charge is 0.427 e.